The second-order valence-electron chi connectivity index (χ2n) is 6.97. The molecule has 0 spiro atoms. The van der Waals surface area contributed by atoms with Crippen LogP contribution < -0.4 is 15.0 Å². The van der Waals surface area contributed by atoms with Gasteiger partial charge in [-0.15, -0.1) is 0 Å². The molecule has 1 heterocycles. The largest absolute Gasteiger partial charge is 0.494 e. The minimum Gasteiger partial charge on any atom is -0.494 e. The van der Waals surface area contributed by atoms with E-state index < -0.39 is 5.82 Å². The second-order valence-corrected chi connectivity index (χ2v) is 6.97. The van der Waals surface area contributed by atoms with Crippen molar-refractivity contribution < 1.29 is 13.9 Å². The molecule has 1 unspecified atom stereocenters. The fraction of sp³-hybridized carbons (Fsp3) is 0.318. The van der Waals surface area contributed by atoms with Crippen molar-refractivity contribution in [2.24, 2.45) is 4.99 Å². The number of rotatable bonds is 5. The Morgan fingerprint density at radius 2 is 2.21 bits per heavy atom. The molecule has 0 bridgehead atoms. The van der Waals surface area contributed by atoms with E-state index >= 15 is 0 Å². The number of aryl methyl sites for hydroxylation is 1. The number of halogens is 1. The van der Waals surface area contributed by atoms with Crippen molar-refractivity contribution in [1.82, 2.24) is 5.32 Å². The van der Waals surface area contributed by atoms with Crippen molar-refractivity contribution >= 4 is 23.5 Å². The van der Waals surface area contributed by atoms with Crippen LogP contribution in [0.15, 0.2) is 35.3 Å². The normalized spacial score (nSPS) is 16.0. The first-order valence-corrected chi connectivity index (χ1v) is 9.38. The van der Waals surface area contributed by atoms with Crippen LogP contribution in [0.5, 0.6) is 5.75 Å². The highest BCUT2D eigenvalue weighted by Gasteiger charge is 2.21. The summed E-state index contributed by atoms with van der Waals surface area (Å²) >= 11 is 0. The first-order valence-electron chi connectivity index (χ1n) is 9.38. The Morgan fingerprint density at radius 3 is 2.83 bits per heavy atom. The molecule has 0 aromatic heterocycles. The Bertz CT molecular complexity index is 991. The van der Waals surface area contributed by atoms with Crippen LogP contribution in [0.2, 0.25) is 0 Å². The molecule has 150 valence electrons. The van der Waals surface area contributed by atoms with Gasteiger partial charge in [0.2, 0.25) is 0 Å². The highest BCUT2D eigenvalue weighted by Crippen LogP contribution is 2.30. The van der Waals surface area contributed by atoms with Crippen LogP contribution in [0.25, 0.3) is 0 Å². The Hall–Kier alpha value is -3.24. The SMILES string of the molecule is COc1ccc(N(C)C(=O)c2cc(C#N)cc(C)c2N=CC2CCCN2)cc1F. The third-order valence-electron chi connectivity index (χ3n) is 4.97. The fourth-order valence-electron chi connectivity index (χ4n) is 3.34. The smallest absolute Gasteiger partial charge is 0.260 e. The summed E-state index contributed by atoms with van der Waals surface area (Å²) in [5, 5.41) is 12.7. The van der Waals surface area contributed by atoms with Crippen molar-refractivity contribution in [3.8, 4) is 11.8 Å². The van der Waals surface area contributed by atoms with E-state index in [1.165, 1.54) is 30.2 Å². The van der Waals surface area contributed by atoms with Gasteiger partial charge < -0.3 is 15.0 Å². The Labute approximate surface area is 169 Å². The molecule has 3 rings (SSSR count). The molecule has 1 amide bonds. The monoisotopic (exact) mass is 394 g/mol. The van der Waals surface area contributed by atoms with Gasteiger partial charge in [-0.1, -0.05) is 0 Å². The lowest BCUT2D eigenvalue weighted by atomic mass is 10.0. The van der Waals surface area contributed by atoms with Crippen molar-refractivity contribution in [1.29, 1.82) is 5.26 Å². The van der Waals surface area contributed by atoms with Gasteiger partial charge in [0.1, 0.15) is 0 Å². The summed E-state index contributed by atoms with van der Waals surface area (Å²) in [6.07, 6.45) is 3.89. The lowest BCUT2D eigenvalue weighted by Crippen LogP contribution is -2.27. The molecule has 1 aliphatic rings. The average Bonchev–Trinajstić information content (AvgIpc) is 3.24. The highest BCUT2D eigenvalue weighted by atomic mass is 19.1. The molecule has 0 aliphatic carbocycles. The lowest BCUT2D eigenvalue weighted by molar-refractivity contribution is 0.0993. The van der Waals surface area contributed by atoms with Crippen LogP contribution in [-0.2, 0) is 0 Å². The van der Waals surface area contributed by atoms with E-state index in [1.807, 2.05) is 13.1 Å². The predicted octanol–water partition coefficient (Wildman–Crippen LogP) is 3.75. The average molecular weight is 394 g/mol. The molecular formula is C22H23FN4O2. The number of aliphatic imine (C=N–C) groups is 1. The van der Waals surface area contributed by atoms with Gasteiger partial charge in [-0.2, -0.15) is 5.26 Å². The highest BCUT2D eigenvalue weighted by molar-refractivity contribution is 6.09. The number of anilines is 1. The van der Waals surface area contributed by atoms with Crippen LogP contribution in [0.1, 0.15) is 34.3 Å². The summed E-state index contributed by atoms with van der Waals surface area (Å²) in [7, 11) is 2.94. The lowest BCUT2D eigenvalue weighted by Gasteiger charge is -2.20. The topological polar surface area (TPSA) is 77.7 Å². The Morgan fingerprint density at radius 1 is 1.41 bits per heavy atom. The van der Waals surface area contributed by atoms with E-state index in [9.17, 15) is 14.4 Å². The van der Waals surface area contributed by atoms with Crippen LogP contribution in [0.3, 0.4) is 0 Å². The number of hydrogen-bond acceptors (Lipinski definition) is 5. The molecule has 2 aromatic carbocycles. The van der Waals surface area contributed by atoms with Gasteiger partial charge in [0.15, 0.2) is 11.6 Å². The maximum Gasteiger partial charge on any atom is 0.260 e. The first-order chi connectivity index (χ1) is 13.9. The van der Waals surface area contributed by atoms with E-state index in [0.717, 1.165) is 24.9 Å². The molecule has 2 aromatic rings. The van der Waals surface area contributed by atoms with Gasteiger partial charge in [-0.25, -0.2) is 4.39 Å². The van der Waals surface area contributed by atoms with Gasteiger partial charge in [0, 0.05) is 31.1 Å². The summed E-state index contributed by atoms with van der Waals surface area (Å²) in [6.45, 7) is 2.76. The molecule has 29 heavy (non-hydrogen) atoms. The second kappa shape index (κ2) is 8.84. The summed E-state index contributed by atoms with van der Waals surface area (Å²) in [5.41, 5.74) is 2.30. The number of nitrogens with one attached hydrogen (secondary N) is 1. The van der Waals surface area contributed by atoms with Gasteiger partial charge >= 0.3 is 0 Å². The summed E-state index contributed by atoms with van der Waals surface area (Å²) in [6, 6.07) is 9.79. The molecule has 1 atom stereocenters. The van der Waals surface area contributed by atoms with Gasteiger partial charge in [-0.3, -0.25) is 9.79 Å². The number of carbonyl (C=O) groups excluding carboxylic acids is 1. The molecule has 1 fully saturated rings. The molecule has 0 radical (unpaired) electrons. The molecular weight excluding hydrogens is 371 g/mol. The van der Waals surface area contributed by atoms with Gasteiger partial charge in [0.05, 0.1) is 30.0 Å². The molecule has 1 saturated heterocycles. The fourth-order valence-corrected chi connectivity index (χ4v) is 3.34. The van der Waals surface area contributed by atoms with E-state index in [4.69, 9.17) is 4.74 Å². The van der Waals surface area contributed by atoms with E-state index in [2.05, 4.69) is 16.4 Å². The van der Waals surface area contributed by atoms with E-state index in [1.54, 1.807) is 19.2 Å². The number of amides is 1. The van der Waals surface area contributed by atoms with Crippen LogP contribution >= 0.6 is 0 Å². The minimum atomic E-state index is -0.558. The summed E-state index contributed by atoms with van der Waals surface area (Å²) in [5.74, 6) is -0.829. The van der Waals surface area contributed by atoms with Gasteiger partial charge in [-0.05, 0) is 56.1 Å². The predicted molar refractivity (Wildman–Crippen MR) is 111 cm³/mol. The number of methoxy groups -OCH3 is 1. The quantitative estimate of drug-likeness (QED) is 0.784. The van der Waals surface area contributed by atoms with Crippen LogP contribution in [0.4, 0.5) is 15.8 Å². The molecule has 0 saturated carbocycles. The zero-order valence-corrected chi connectivity index (χ0v) is 16.7. The number of hydrogen-bond donors (Lipinski definition) is 1. The van der Waals surface area contributed by atoms with Crippen LogP contribution in [-0.4, -0.2) is 38.9 Å². The number of carbonyl (C=O) groups is 1. The van der Waals surface area contributed by atoms with E-state index in [-0.39, 0.29) is 17.7 Å². The van der Waals surface area contributed by atoms with Crippen molar-refractivity contribution in [2.75, 3.05) is 25.6 Å². The number of nitriles is 1. The summed E-state index contributed by atoms with van der Waals surface area (Å²) < 4.78 is 19.0. The molecule has 1 aliphatic heterocycles. The van der Waals surface area contributed by atoms with Crippen molar-refractivity contribution in [3.05, 3.63) is 52.8 Å². The first kappa shape index (κ1) is 20.5. The third-order valence-corrected chi connectivity index (χ3v) is 4.97. The number of nitrogens with zero attached hydrogens (tertiary/aromatic N) is 3. The zero-order chi connectivity index (χ0) is 21.0. The van der Waals surface area contributed by atoms with E-state index in [0.29, 0.717) is 22.5 Å². The van der Waals surface area contributed by atoms with Crippen LogP contribution in [0, 0.1) is 24.1 Å². The minimum absolute atomic E-state index is 0.103. The number of ether oxygens (including phenoxy) is 1. The summed E-state index contributed by atoms with van der Waals surface area (Å²) in [4.78, 5) is 19.1. The zero-order valence-electron chi connectivity index (χ0n) is 16.7. The Balaban J connectivity index is 1.98. The maximum absolute atomic E-state index is 14.1. The van der Waals surface area contributed by atoms with Crippen molar-refractivity contribution in [2.45, 2.75) is 25.8 Å². The standard InChI is InChI=1S/C22H23FN4O2/c1-14-9-15(12-24)10-18(21(14)26-13-16-5-4-8-25-16)22(28)27(2)17-6-7-20(29-3)19(23)11-17/h6-7,9-11,13,16,25H,4-5,8H2,1-3H3. The third kappa shape index (κ3) is 4.44. The van der Waals surface area contributed by atoms with Gasteiger partial charge in [0.25, 0.3) is 5.91 Å². The maximum atomic E-state index is 14.1. The molecule has 7 heteroatoms. The molecule has 6 nitrogen and oxygen atoms in total. The van der Waals surface area contributed by atoms with Crippen molar-refractivity contribution in [3.63, 3.8) is 0 Å². The molecule has 1 N–H and O–H groups in total. The Kier molecular flexibility index (Phi) is 6.25. The number of benzene rings is 2.